The van der Waals surface area contributed by atoms with Crippen LogP contribution in [0.2, 0.25) is 0 Å². The summed E-state index contributed by atoms with van der Waals surface area (Å²) in [5.74, 6) is 0.924. The average molecular weight is 494 g/mol. The van der Waals surface area contributed by atoms with E-state index in [9.17, 15) is 0 Å². The summed E-state index contributed by atoms with van der Waals surface area (Å²) < 4.78 is 17.1. The Kier molecular flexibility index (Phi) is 5.07. The molecule has 9 nitrogen and oxygen atoms in total. The van der Waals surface area contributed by atoms with E-state index in [1.54, 1.807) is 18.7 Å². The van der Waals surface area contributed by atoms with Crippen molar-refractivity contribution in [2.75, 3.05) is 13.1 Å². The Morgan fingerprint density at radius 3 is 2.78 bits per heavy atom. The quantitative estimate of drug-likeness (QED) is 0.358. The lowest BCUT2D eigenvalue weighted by molar-refractivity contribution is 0.331. The molecule has 5 aromatic heterocycles. The van der Waals surface area contributed by atoms with E-state index in [0.29, 0.717) is 33.9 Å². The first-order valence-electron chi connectivity index (χ1n) is 12.3. The Labute approximate surface area is 211 Å². The van der Waals surface area contributed by atoms with E-state index in [0.717, 1.165) is 47.4 Å². The first-order chi connectivity index (χ1) is 18.1. The second-order valence-electron chi connectivity index (χ2n) is 9.55. The molecule has 7 rings (SSSR count). The van der Waals surface area contributed by atoms with Gasteiger partial charge in [-0.05, 0) is 56.6 Å². The number of hydrogen-bond donors (Lipinski definition) is 2. The summed E-state index contributed by atoms with van der Waals surface area (Å²) in [6.07, 6.45) is 11.4. The molecule has 2 N–H and O–H groups in total. The molecule has 1 aromatic carbocycles. The number of rotatable bonds is 5. The van der Waals surface area contributed by atoms with E-state index >= 15 is 4.39 Å². The zero-order valence-corrected chi connectivity index (χ0v) is 20.2. The van der Waals surface area contributed by atoms with Crippen molar-refractivity contribution in [2.45, 2.75) is 26.3 Å². The van der Waals surface area contributed by atoms with Gasteiger partial charge in [-0.3, -0.25) is 19.5 Å². The maximum atomic E-state index is 15.2. The van der Waals surface area contributed by atoms with Crippen LogP contribution in [0.4, 0.5) is 4.39 Å². The largest absolute Gasteiger partial charge is 0.336 e. The number of H-pyrrole nitrogens is 2. The average Bonchev–Trinajstić information content (AvgIpc) is 3.70. The lowest BCUT2D eigenvalue weighted by atomic mass is 10.0. The molecule has 1 fully saturated rings. The van der Waals surface area contributed by atoms with Gasteiger partial charge in [0.25, 0.3) is 0 Å². The van der Waals surface area contributed by atoms with Gasteiger partial charge in [-0.15, -0.1) is 0 Å². The number of fused-ring (bicyclic) bond motifs is 2. The molecule has 0 atom stereocenters. The van der Waals surface area contributed by atoms with Crippen LogP contribution in [-0.4, -0.2) is 57.7 Å². The van der Waals surface area contributed by atoms with Crippen molar-refractivity contribution >= 4 is 21.9 Å². The Bertz CT molecular complexity index is 1760. The van der Waals surface area contributed by atoms with Gasteiger partial charge in [-0.1, -0.05) is 0 Å². The first-order valence-corrected chi connectivity index (χ1v) is 12.3. The normalized spacial score (nSPS) is 14.3. The highest BCUT2D eigenvalue weighted by Crippen LogP contribution is 2.33. The second-order valence-corrected chi connectivity index (χ2v) is 9.55. The molecular weight excluding hydrogens is 469 g/mol. The van der Waals surface area contributed by atoms with Gasteiger partial charge in [-0.2, -0.15) is 5.10 Å². The molecule has 1 aliphatic rings. The van der Waals surface area contributed by atoms with Crippen LogP contribution in [0.1, 0.15) is 24.1 Å². The lowest BCUT2D eigenvalue weighted by Gasteiger charge is -2.15. The SMILES string of the molecule is Cc1cn(-c2nccc3[nH]c(-c4n[nH]c5cc(F)c(-c6cncc(CN7CCCC7)c6)cc45)nc23)cn1. The van der Waals surface area contributed by atoms with E-state index in [4.69, 9.17) is 4.98 Å². The fourth-order valence-corrected chi connectivity index (χ4v) is 5.12. The Morgan fingerprint density at radius 2 is 1.95 bits per heavy atom. The third-order valence-corrected chi connectivity index (χ3v) is 6.92. The summed E-state index contributed by atoms with van der Waals surface area (Å²) in [7, 11) is 0. The Morgan fingerprint density at radius 1 is 1.05 bits per heavy atom. The van der Waals surface area contributed by atoms with Gasteiger partial charge < -0.3 is 4.98 Å². The van der Waals surface area contributed by atoms with Gasteiger partial charge >= 0.3 is 0 Å². The number of hydrogen-bond acceptors (Lipinski definition) is 6. The molecule has 1 saturated heterocycles. The molecule has 0 radical (unpaired) electrons. The highest BCUT2D eigenvalue weighted by Gasteiger charge is 2.19. The van der Waals surface area contributed by atoms with E-state index in [1.165, 1.54) is 18.9 Å². The number of aryl methyl sites for hydroxylation is 1. The van der Waals surface area contributed by atoms with Crippen molar-refractivity contribution in [3.8, 4) is 28.5 Å². The molecule has 0 spiro atoms. The molecule has 6 heterocycles. The number of aromatic amines is 2. The zero-order valence-electron chi connectivity index (χ0n) is 20.2. The number of likely N-dealkylation sites (tertiary alicyclic amines) is 1. The van der Waals surface area contributed by atoms with Gasteiger partial charge in [0.15, 0.2) is 11.6 Å². The predicted molar refractivity (Wildman–Crippen MR) is 139 cm³/mol. The number of benzene rings is 1. The molecule has 10 heteroatoms. The summed E-state index contributed by atoms with van der Waals surface area (Å²) in [5.41, 5.74) is 5.94. The molecule has 37 heavy (non-hydrogen) atoms. The topological polar surface area (TPSA) is 104 Å². The molecule has 0 aliphatic carbocycles. The molecule has 0 unspecified atom stereocenters. The number of halogens is 1. The first kappa shape index (κ1) is 21.8. The number of aromatic nitrogens is 8. The van der Waals surface area contributed by atoms with Gasteiger partial charge in [0, 0.05) is 53.9 Å². The van der Waals surface area contributed by atoms with Crippen molar-refractivity contribution < 1.29 is 4.39 Å². The Balaban J connectivity index is 1.30. The smallest absolute Gasteiger partial charge is 0.166 e. The molecule has 0 amide bonds. The summed E-state index contributed by atoms with van der Waals surface area (Å²) in [4.78, 5) is 23.8. The van der Waals surface area contributed by atoms with Crippen molar-refractivity contribution in [1.29, 1.82) is 0 Å². The van der Waals surface area contributed by atoms with Gasteiger partial charge in [-0.25, -0.2) is 19.3 Å². The number of pyridine rings is 2. The molecule has 1 aliphatic heterocycles. The minimum absolute atomic E-state index is 0.325. The standard InChI is InChI=1S/C27H24FN9/c1-16-13-37(15-31-16)27-25-22(4-5-30-27)32-26(33-25)24-20-9-19(21(28)10-23(20)34-35-24)18-8-17(11-29-12-18)14-36-6-2-3-7-36/h4-5,8-13,15H,2-3,6-7,14H2,1H3,(H,32,33)(H,34,35). The van der Waals surface area contributed by atoms with Crippen molar-refractivity contribution in [3.63, 3.8) is 0 Å². The molecule has 0 bridgehead atoms. The predicted octanol–water partition coefficient (Wildman–Crippen LogP) is 4.79. The van der Waals surface area contributed by atoms with E-state index in [-0.39, 0.29) is 5.82 Å². The third kappa shape index (κ3) is 3.86. The Hall–Kier alpha value is -4.44. The number of nitrogens with zero attached hydrogens (tertiary/aromatic N) is 7. The van der Waals surface area contributed by atoms with Gasteiger partial charge in [0.2, 0.25) is 0 Å². The van der Waals surface area contributed by atoms with E-state index in [2.05, 4.69) is 35.0 Å². The number of nitrogens with one attached hydrogen (secondary N) is 2. The monoisotopic (exact) mass is 493 g/mol. The maximum Gasteiger partial charge on any atom is 0.166 e. The molecule has 6 aromatic rings. The highest BCUT2D eigenvalue weighted by atomic mass is 19.1. The van der Waals surface area contributed by atoms with Crippen LogP contribution in [0, 0.1) is 12.7 Å². The minimum atomic E-state index is -0.325. The van der Waals surface area contributed by atoms with Gasteiger partial charge in [0.1, 0.15) is 23.4 Å². The maximum absolute atomic E-state index is 15.2. The molecular formula is C27H24FN9. The second kappa shape index (κ2) is 8.59. The molecule has 0 saturated carbocycles. The van der Waals surface area contributed by atoms with Crippen LogP contribution in [0.5, 0.6) is 0 Å². The van der Waals surface area contributed by atoms with Crippen LogP contribution in [0.15, 0.2) is 55.4 Å². The summed E-state index contributed by atoms with van der Waals surface area (Å²) in [5, 5.41) is 8.21. The minimum Gasteiger partial charge on any atom is -0.336 e. The van der Waals surface area contributed by atoms with E-state index < -0.39 is 0 Å². The van der Waals surface area contributed by atoms with Crippen LogP contribution >= 0.6 is 0 Å². The zero-order chi connectivity index (χ0) is 24.9. The van der Waals surface area contributed by atoms with Crippen LogP contribution in [-0.2, 0) is 6.54 Å². The fraction of sp³-hybridized carbons (Fsp3) is 0.222. The van der Waals surface area contributed by atoms with Crippen molar-refractivity contribution in [2.24, 2.45) is 0 Å². The van der Waals surface area contributed by atoms with Crippen molar-refractivity contribution in [1.82, 2.24) is 44.6 Å². The van der Waals surface area contributed by atoms with Crippen LogP contribution in [0.25, 0.3) is 50.4 Å². The summed E-state index contributed by atoms with van der Waals surface area (Å²) in [6, 6.07) is 7.21. The van der Waals surface area contributed by atoms with Crippen molar-refractivity contribution in [3.05, 3.63) is 72.5 Å². The van der Waals surface area contributed by atoms with Crippen LogP contribution in [0.3, 0.4) is 0 Å². The number of imidazole rings is 2. The fourth-order valence-electron chi connectivity index (χ4n) is 5.12. The highest BCUT2D eigenvalue weighted by molar-refractivity contribution is 5.96. The van der Waals surface area contributed by atoms with Crippen LogP contribution < -0.4 is 0 Å². The van der Waals surface area contributed by atoms with E-state index in [1.807, 2.05) is 42.1 Å². The summed E-state index contributed by atoms with van der Waals surface area (Å²) >= 11 is 0. The summed E-state index contributed by atoms with van der Waals surface area (Å²) in [6.45, 7) is 4.94. The lowest BCUT2D eigenvalue weighted by Crippen LogP contribution is -2.18. The van der Waals surface area contributed by atoms with Gasteiger partial charge in [0.05, 0.1) is 16.7 Å². The third-order valence-electron chi connectivity index (χ3n) is 6.92. The molecule has 184 valence electrons.